The molecule has 1 aromatic heterocycles. The highest BCUT2D eigenvalue weighted by atomic mass is 32.1. The van der Waals surface area contributed by atoms with E-state index in [4.69, 9.17) is 12.2 Å². The number of hydrogen-bond acceptors (Lipinski definition) is 2. The standard InChI is InChI=1S/C19H14F6N4S/c1-8-18(27-19(30)26-11-5-3-4-10(20)6-11)9(2)29(28-8)7-12-13(21)15(23)17(25)16(24)14(12)22/h3-6H,7H2,1-2H3,(H2,26,27,30). The van der Waals surface area contributed by atoms with Gasteiger partial charge in [-0.25, -0.2) is 26.3 Å². The molecule has 0 saturated heterocycles. The first kappa shape index (κ1) is 21.6. The first-order valence-electron chi connectivity index (χ1n) is 8.48. The van der Waals surface area contributed by atoms with Gasteiger partial charge in [-0.3, -0.25) is 4.68 Å². The van der Waals surface area contributed by atoms with Gasteiger partial charge in [0.05, 0.1) is 29.2 Å². The van der Waals surface area contributed by atoms with E-state index in [2.05, 4.69) is 15.7 Å². The van der Waals surface area contributed by atoms with E-state index in [1.54, 1.807) is 13.0 Å². The van der Waals surface area contributed by atoms with Gasteiger partial charge in [0.15, 0.2) is 28.4 Å². The summed E-state index contributed by atoms with van der Waals surface area (Å²) in [5, 5.41) is 9.76. The minimum atomic E-state index is -2.22. The van der Waals surface area contributed by atoms with Crippen LogP contribution < -0.4 is 10.6 Å². The molecule has 0 aliphatic heterocycles. The Hall–Kier alpha value is -3.08. The van der Waals surface area contributed by atoms with Gasteiger partial charge in [-0.2, -0.15) is 5.10 Å². The summed E-state index contributed by atoms with van der Waals surface area (Å²) in [6, 6.07) is 5.56. The molecule has 2 N–H and O–H groups in total. The Bertz CT molecular complexity index is 1120. The van der Waals surface area contributed by atoms with Gasteiger partial charge in [0.1, 0.15) is 5.82 Å². The Kier molecular flexibility index (Phi) is 6.01. The summed E-state index contributed by atoms with van der Waals surface area (Å²) in [5.74, 6) is -10.6. The maximum atomic E-state index is 14.0. The average Bonchev–Trinajstić information content (AvgIpc) is 2.95. The Morgan fingerprint density at radius 2 is 1.53 bits per heavy atom. The van der Waals surface area contributed by atoms with Crippen LogP contribution in [0.25, 0.3) is 0 Å². The lowest BCUT2D eigenvalue weighted by Crippen LogP contribution is -2.20. The number of halogens is 6. The van der Waals surface area contributed by atoms with Crippen LogP contribution in [0.3, 0.4) is 0 Å². The highest BCUT2D eigenvalue weighted by molar-refractivity contribution is 7.80. The first-order valence-corrected chi connectivity index (χ1v) is 8.88. The average molecular weight is 444 g/mol. The molecular formula is C19H14F6N4S. The quantitative estimate of drug-likeness (QED) is 0.252. The zero-order valence-electron chi connectivity index (χ0n) is 15.6. The minimum Gasteiger partial charge on any atom is -0.332 e. The number of nitrogens with one attached hydrogen (secondary N) is 2. The molecule has 0 amide bonds. The molecule has 0 atom stereocenters. The summed E-state index contributed by atoms with van der Waals surface area (Å²) in [6.45, 7) is 2.40. The lowest BCUT2D eigenvalue weighted by Gasteiger charge is -2.12. The van der Waals surface area contributed by atoms with Crippen molar-refractivity contribution in [2.45, 2.75) is 20.4 Å². The van der Waals surface area contributed by atoms with Gasteiger partial charge in [-0.1, -0.05) is 6.07 Å². The topological polar surface area (TPSA) is 41.9 Å². The number of thiocarbonyl (C=S) groups is 1. The van der Waals surface area contributed by atoms with E-state index in [0.29, 0.717) is 22.8 Å². The molecule has 3 aromatic rings. The fourth-order valence-electron chi connectivity index (χ4n) is 2.81. The van der Waals surface area contributed by atoms with E-state index in [-0.39, 0.29) is 5.11 Å². The Morgan fingerprint density at radius 1 is 0.933 bits per heavy atom. The summed E-state index contributed by atoms with van der Waals surface area (Å²) >= 11 is 5.17. The van der Waals surface area contributed by atoms with Crippen LogP contribution in [-0.4, -0.2) is 14.9 Å². The lowest BCUT2D eigenvalue weighted by molar-refractivity contribution is 0.366. The van der Waals surface area contributed by atoms with Gasteiger partial charge >= 0.3 is 0 Å². The number of anilines is 2. The van der Waals surface area contributed by atoms with Gasteiger partial charge in [0.25, 0.3) is 0 Å². The summed E-state index contributed by atoms with van der Waals surface area (Å²) in [6.07, 6.45) is 0. The number of nitrogens with zero attached hydrogens (tertiary/aromatic N) is 2. The molecule has 0 spiro atoms. The van der Waals surface area contributed by atoms with E-state index in [9.17, 15) is 26.3 Å². The van der Waals surface area contributed by atoms with E-state index in [0.717, 1.165) is 4.68 Å². The highest BCUT2D eigenvalue weighted by Crippen LogP contribution is 2.26. The lowest BCUT2D eigenvalue weighted by atomic mass is 10.1. The molecule has 0 fully saturated rings. The minimum absolute atomic E-state index is 0.0857. The molecular weight excluding hydrogens is 430 g/mol. The Morgan fingerprint density at radius 3 is 2.13 bits per heavy atom. The molecule has 4 nitrogen and oxygen atoms in total. The van der Waals surface area contributed by atoms with Gasteiger partial charge < -0.3 is 10.6 Å². The molecule has 30 heavy (non-hydrogen) atoms. The van der Waals surface area contributed by atoms with Crippen molar-refractivity contribution < 1.29 is 26.3 Å². The van der Waals surface area contributed by atoms with Gasteiger partial charge in [-0.15, -0.1) is 0 Å². The number of benzene rings is 2. The highest BCUT2D eigenvalue weighted by Gasteiger charge is 2.26. The number of rotatable bonds is 4. The van der Waals surface area contributed by atoms with Gasteiger partial charge in [0, 0.05) is 5.69 Å². The van der Waals surface area contributed by atoms with Crippen LogP contribution in [0.15, 0.2) is 24.3 Å². The third-order valence-corrected chi connectivity index (χ3v) is 4.52. The summed E-state index contributed by atoms with van der Waals surface area (Å²) < 4.78 is 82.4. The Balaban J connectivity index is 1.85. The van der Waals surface area contributed by atoms with Crippen molar-refractivity contribution in [1.82, 2.24) is 9.78 Å². The summed E-state index contributed by atoms with van der Waals surface area (Å²) in [7, 11) is 0. The van der Waals surface area contributed by atoms with E-state index in [1.165, 1.54) is 25.1 Å². The second kappa shape index (κ2) is 8.34. The molecule has 0 saturated carbocycles. The maximum absolute atomic E-state index is 14.0. The van der Waals surface area contributed by atoms with Gasteiger partial charge in [-0.05, 0) is 44.3 Å². The number of aryl methyl sites for hydroxylation is 1. The van der Waals surface area contributed by atoms with E-state index < -0.39 is 47.0 Å². The molecule has 0 aliphatic carbocycles. The van der Waals surface area contributed by atoms with Crippen molar-refractivity contribution in [3.63, 3.8) is 0 Å². The summed E-state index contributed by atoms with van der Waals surface area (Å²) in [4.78, 5) is 0. The third-order valence-electron chi connectivity index (χ3n) is 4.31. The van der Waals surface area contributed by atoms with E-state index in [1.807, 2.05) is 0 Å². The second-order valence-electron chi connectivity index (χ2n) is 6.34. The van der Waals surface area contributed by atoms with Crippen LogP contribution in [0.1, 0.15) is 17.0 Å². The smallest absolute Gasteiger partial charge is 0.200 e. The largest absolute Gasteiger partial charge is 0.332 e. The monoisotopic (exact) mass is 444 g/mol. The fraction of sp³-hybridized carbons (Fsp3) is 0.158. The second-order valence-corrected chi connectivity index (χ2v) is 6.75. The Labute approximate surface area is 172 Å². The molecule has 3 rings (SSSR count). The third kappa shape index (κ3) is 4.11. The molecule has 0 bridgehead atoms. The molecule has 1 heterocycles. The van der Waals surface area contributed by atoms with Crippen molar-refractivity contribution >= 4 is 28.7 Å². The molecule has 158 valence electrons. The molecule has 0 unspecified atom stereocenters. The SMILES string of the molecule is Cc1nn(Cc2c(F)c(F)c(F)c(F)c2F)c(C)c1NC(=S)Nc1cccc(F)c1. The van der Waals surface area contributed by atoms with Crippen LogP contribution in [0, 0.1) is 48.8 Å². The van der Waals surface area contributed by atoms with Crippen LogP contribution in [-0.2, 0) is 6.54 Å². The predicted molar refractivity (Wildman–Crippen MR) is 103 cm³/mol. The van der Waals surface area contributed by atoms with Gasteiger partial charge in [0.2, 0.25) is 5.82 Å². The van der Waals surface area contributed by atoms with Crippen LogP contribution in [0.2, 0.25) is 0 Å². The first-order chi connectivity index (χ1) is 14.1. The van der Waals surface area contributed by atoms with Crippen molar-refractivity contribution in [1.29, 1.82) is 0 Å². The van der Waals surface area contributed by atoms with Crippen molar-refractivity contribution in [2.75, 3.05) is 10.6 Å². The van der Waals surface area contributed by atoms with Crippen LogP contribution in [0.4, 0.5) is 37.7 Å². The molecule has 0 aliphatic rings. The fourth-order valence-corrected chi connectivity index (χ4v) is 3.03. The zero-order valence-corrected chi connectivity index (χ0v) is 16.4. The molecule has 0 radical (unpaired) electrons. The van der Waals surface area contributed by atoms with E-state index >= 15 is 0 Å². The van der Waals surface area contributed by atoms with Crippen molar-refractivity contribution in [2.24, 2.45) is 0 Å². The van der Waals surface area contributed by atoms with Crippen LogP contribution in [0.5, 0.6) is 0 Å². The van der Waals surface area contributed by atoms with Crippen molar-refractivity contribution in [3.8, 4) is 0 Å². The number of aromatic nitrogens is 2. The molecule has 2 aromatic carbocycles. The normalized spacial score (nSPS) is 10.9. The van der Waals surface area contributed by atoms with Crippen molar-refractivity contribution in [3.05, 3.63) is 76.1 Å². The molecule has 11 heteroatoms. The predicted octanol–water partition coefficient (Wildman–Crippen LogP) is 5.19. The maximum Gasteiger partial charge on any atom is 0.200 e. The number of hydrogen-bond donors (Lipinski definition) is 2. The summed E-state index contributed by atoms with van der Waals surface area (Å²) in [5.41, 5.74) is 0.438. The van der Waals surface area contributed by atoms with Crippen LogP contribution >= 0.6 is 12.2 Å². The zero-order chi connectivity index (χ0) is 22.2.